The van der Waals surface area contributed by atoms with Crippen LogP contribution in [-0.2, 0) is 17.6 Å². The number of benzene rings is 1. The minimum absolute atomic E-state index is 0.0286. The van der Waals surface area contributed by atoms with E-state index in [-0.39, 0.29) is 6.10 Å². The van der Waals surface area contributed by atoms with E-state index < -0.39 is 0 Å². The smallest absolute Gasteiger partial charge is 0.141 e. The molecule has 5 rings (SSSR count). The molecule has 1 atom stereocenters. The van der Waals surface area contributed by atoms with Gasteiger partial charge in [0.25, 0.3) is 0 Å². The Labute approximate surface area is 155 Å². The van der Waals surface area contributed by atoms with Crippen LogP contribution in [0, 0.1) is 0 Å². The molecular weight excluding hydrogens is 354 g/mol. The molecule has 2 aliphatic rings. The van der Waals surface area contributed by atoms with Gasteiger partial charge in [-0.25, -0.2) is 9.97 Å². The summed E-state index contributed by atoms with van der Waals surface area (Å²) in [6.45, 7) is 2.28. The van der Waals surface area contributed by atoms with Crippen LogP contribution in [0.15, 0.2) is 30.6 Å². The lowest BCUT2D eigenvalue weighted by Gasteiger charge is -2.34. The molecule has 4 nitrogen and oxygen atoms in total. The third kappa shape index (κ3) is 2.62. The van der Waals surface area contributed by atoms with Gasteiger partial charge in [-0.1, -0.05) is 29.8 Å². The summed E-state index contributed by atoms with van der Waals surface area (Å²) in [6.07, 6.45) is 5.24. The first-order valence-corrected chi connectivity index (χ1v) is 9.87. The van der Waals surface area contributed by atoms with Crippen molar-refractivity contribution in [2.24, 2.45) is 0 Å². The summed E-state index contributed by atoms with van der Waals surface area (Å²) in [4.78, 5) is 14.1. The third-order valence-electron chi connectivity index (χ3n) is 5.10. The zero-order chi connectivity index (χ0) is 16.8. The highest BCUT2D eigenvalue weighted by Crippen LogP contribution is 2.41. The number of morpholine rings is 1. The summed E-state index contributed by atoms with van der Waals surface area (Å²) < 4.78 is 6.02. The molecular formula is C19H18ClN3OS. The zero-order valence-electron chi connectivity index (χ0n) is 13.7. The Morgan fingerprint density at radius 3 is 3.04 bits per heavy atom. The highest BCUT2D eigenvalue weighted by Gasteiger charge is 2.28. The van der Waals surface area contributed by atoms with Gasteiger partial charge in [0.15, 0.2) is 0 Å². The van der Waals surface area contributed by atoms with Crippen molar-refractivity contribution >= 4 is 39.0 Å². The number of nitrogens with zero attached hydrogens (tertiary/aromatic N) is 3. The number of halogens is 1. The number of rotatable bonds is 2. The Hall–Kier alpha value is -1.69. The number of aryl methyl sites for hydroxylation is 2. The Balaban J connectivity index is 1.53. The average molecular weight is 372 g/mol. The molecule has 1 aliphatic carbocycles. The highest BCUT2D eigenvalue weighted by atomic mass is 35.5. The largest absolute Gasteiger partial charge is 0.370 e. The maximum atomic E-state index is 6.38. The first kappa shape index (κ1) is 15.6. The molecule has 2 aromatic heterocycles. The number of fused-ring (bicyclic) bond motifs is 3. The molecule has 0 amide bonds. The SMILES string of the molecule is Clc1ccccc1C1CN(c2ncnc3sc4c(c23)CCC4)CCO1. The van der Waals surface area contributed by atoms with Gasteiger partial charge in [0.1, 0.15) is 23.1 Å². The molecule has 1 aromatic carbocycles. The first-order valence-electron chi connectivity index (χ1n) is 8.67. The van der Waals surface area contributed by atoms with Crippen molar-refractivity contribution < 1.29 is 4.74 Å². The lowest BCUT2D eigenvalue weighted by molar-refractivity contribution is 0.0397. The van der Waals surface area contributed by atoms with E-state index in [0.29, 0.717) is 6.61 Å². The molecule has 1 saturated heterocycles. The minimum Gasteiger partial charge on any atom is -0.370 e. The van der Waals surface area contributed by atoms with E-state index in [4.69, 9.17) is 16.3 Å². The summed E-state index contributed by atoms with van der Waals surface area (Å²) in [5.74, 6) is 1.06. The van der Waals surface area contributed by atoms with Crippen LogP contribution in [0.1, 0.15) is 28.5 Å². The van der Waals surface area contributed by atoms with E-state index in [1.165, 1.54) is 28.7 Å². The number of aromatic nitrogens is 2. The van der Waals surface area contributed by atoms with Gasteiger partial charge in [-0.05, 0) is 30.9 Å². The second kappa shape index (κ2) is 6.24. The van der Waals surface area contributed by atoms with Gasteiger partial charge in [-0.15, -0.1) is 11.3 Å². The standard InChI is InChI=1S/C19H18ClN3OS/c20-14-6-2-1-4-12(14)15-10-23(8-9-24-15)18-17-13-5-3-7-16(13)25-19(17)22-11-21-18/h1-2,4,6,11,15H,3,5,7-10H2. The lowest BCUT2D eigenvalue weighted by atomic mass is 10.1. The van der Waals surface area contributed by atoms with Crippen LogP contribution in [0.5, 0.6) is 0 Å². The van der Waals surface area contributed by atoms with Gasteiger partial charge in [-0.2, -0.15) is 0 Å². The van der Waals surface area contributed by atoms with E-state index in [0.717, 1.165) is 40.7 Å². The summed E-state index contributed by atoms with van der Waals surface area (Å²) in [5.41, 5.74) is 2.52. The number of ether oxygens (including phenoxy) is 1. The molecule has 6 heteroatoms. The van der Waals surface area contributed by atoms with Gasteiger partial charge < -0.3 is 9.64 Å². The Morgan fingerprint density at radius 1 is 1.20 bits per heavy atom. The topological polar surface area (TPSA) is 38.2 Å². The second-order valence-electron chi connectivity index (χ2n) is 6.56. The maximum absolute atomic E-state index is 6.38. The molecule has 3 aromatic rings. The van der Waals surface area contributed by atoms with Gasteiger partial charge in [-0.3, -0.25) is 0 Å². The number of thiophene rings is 1. The molecule has 0 saturated carbocycles. The average Bonchev–Trinajstić information content (AvgIpc) is 3.23. The Morgan fingerprint density at radius 2 is 2.12 bits per heavy atom. The van der Waals surface area contributed by atoms with Gasteiger partial charge in [0.05, 0.1) is 12.0 Å². The van der Waals surface area contributed by atoms with Gasteiger partial charge >= 0.3 is 0 Å². The fraction of sp³-hybridized carbons (Fsp3) is 0.368. The summed E-state index contributed by atoms with van der Waals surface area (Å²) in [6, 6.07) is 7.94. The molecule has 128 valence electrons. The third-order valence-corrected chi connectivity index (χ3v) is 6.64. The molecule has 0 spiro atoms. The van der Waals surface area contributed by atoms with Crippen LogP contribution in [0.2, 0.25) is 5.02 Å². The molecule has 1 aliphatic heterocycles. The van der Waals surface area contributed by atoms with Crippen LogP contribution in [-0.4, -0.2) is 29.7 Å². The molecule has 1 fully saturated rings. The van der Waals surface area contributed by atoms with Crippen molar-refractivity contribution in [3.8, 4) is 0 Å². The second-order valence-corrected chi connectivity index (χ2v) is 8.05. The Bertz CT molecular complexity index is 942. The van der Waals surface area contributed by atoms with Crippen LogP contribution < -0.4 is 4.90 Å². The summed E-state index contributed by atoms with van der Waals surface area (Å²) in [5, 5.41) is 2.03. The van der Waals surface area contributed by atoms with Crippen LogP contribution in [0.25, 0.3) is 10.2 Å². The number of hydrogen-bond donors (Lipinski definition) is 0. The maximum Gasteiger partial charge on any atom is 0.141 e. The van der Waals surface area contributed by atoms with E-state index in [2.05, 4.69) is 14.9 Å². The molecule has 1 unspecified atom stereocenters. The van der Waals surface area contributed by atoms with E-state index >= 15 is 0 Å². The lowest BCUT2D eigenvalue weighted by Crippen LogP contribution is -2.39. The molecule has 0 bridgehead atoms. The molecule has 3 heterocycles. The van der Waals surface area contributed by atoms with Crippen LogP contribution >= 0.6 is 22.9 Å². The van der Waals surface area contributed by atoms with Crippen molar-refractivity contribution in [1.82, 2.24) is 9.97 Å². The first-order chi connectivity index (χ1) is 12.3. The number of hydrogen-bond acceptors (Lipinski definition) is 5. The Kier molecular flexibility index (Phi) is 3.88. The highest BCUT2D eigenvalue weighted by molar-refractivity contribution is 7.19. The predicted octanol–water partition coefficient (Wildman–Crippen LogP) is 4.41. The summed E-state index contributed by atoms with van der Waals surface area (Å²) in [7, 11) is 0. The van der Waals surface area contributed by atoms with Gasteiger partial charge in [0, 0.05) is 28.6 Å². The normalized spacial score (nSPS) is 20.2. The quantitative estimate of drug-likeness (QED) is 0.668. The predicted molar refractivity (Wildman–Crippen MR) is 102 cm³/mol. The minimum atomic E-state index is -0.0286. The summed E-state index contributed by atoms with van der Waals surface area (Å²) >= 11 is 8.22. The molecule has 25 heavy (non-hydrogen) atoms. The molecule has 0 radical (unpaired) electrons. The van der Waals surface area contributed by atoms with Crippen molar-refractivity contribution in [3.05, 3.63) is 51.6 Å². The van der Waals surface area contributed by atoms with Crippen molar-refractivity contribution in [3.63, 3.8) is 0 Å². The van der Waals surface area contributed by atoms with E-state index in [1.807, 2.05) is 35.6 Å². The van der Waals surface area contributed by atoms with Gasteiger partial charge in [0.2, 0.25) is 0 Å². The fourth-order valence-electron chi connectivity index (χ4n) is 3.92. The van der Waals surface area contributed by atoms with Crippen molar-refractivity contribution in [2.75, 3.05) is 24.6 Å². The zero-order valence-corrected chi connectivity index (χ0v) is 15.3. The van der Waals surface area contributed by atoms with Crippen LogP contribution in [0.3, 0.4) is 0 Å². The van der Waals surface area contributed by atoms with Crippen molar-refractivity contribution in [1.29, 1.82) is 0 Å². The monoisotopic (exact) mass is 371 g/mol. The van der Waals surface area contributed by atoms with Crippen LogP contribution in [0.4, 0.5) is 5.82 Å². The molecule has 0 N–H and O–H groups in total. The number of anilines is 1. The van der Waals surface area contributed by atoms with E-state index in [1.54, 1.807) is 6.33 Å². The van der Waals surface area contributed by atoms with Crippen molar-refractivity contribution in [2.45, 2.75) is 25.4 Å². The van der Waals surface area contributed by atoms with E-state index in [9.17, 15) is 0 Å². The fourth-order valence-corrected chi connectivity index (χ4v) is 5.40.